The second-order valence-corrected chi connectivity index (χ2v) is 15.8. The van der Waals surface area contributed by atoms with Gasteiger partial charge in [-0.25, -0.2) is 0 Å². The Balaban J connectivity index is 0.000000164. The minimum atomic E-state index is -4.83. The van der Waals surface area contributed by atoms with Gasteiger partial charge in [0.05, 0.1) is 95.5 Å². The number of nitrogens with zero attached hydrogens (tertiary/aromatic N) is 4. The average molecular weight is 923 g/mol. The lowest BCUT2D eigenvalue weighted by Gasteiger charge is -2.22. The highest BCUT2D eigenvalue weighted by Gasteiger charge is 2.43. The third-order valence-corrected chi connectivity index (χ3v) is 11.2. The fraction of sp³-hybridized carbons (Fsp3) is 0.524. The molecule has 17 nitrogen and oxygen atoms in total. The summed E-state index contributed by atoms with van der Waals surface area (Å²) in [5, 5.41) is 14.2. The van der Waals surface area contributed by atoms with E-state index in [0.717, 1.165) is 12.8 Å². The molecule has 6 aromatic rings. The number of amides is 2. The van der Waals surface area contributed by atoms with Gasteiger partial charge in [0.1, 0.15) is 45.5 Å². The molecule has 0 spiro atoms. The molecule has 4 aromatic heterocycles. The molecule has 0 aliphatic carbocycles. The van der Waals surface area contributed by atoms with E-state index in [4.69, 9.17) is 42.0 Å². The Bertz CT molecular complexity index is 2630. The first kappa shape index (κ1) is 44.9. The van der Waals surface area contributed by atoms with Crippen LogP contribution in [0.2, 0.25) is 0 Å². The van der Waals surface area contributed by atoms with Crippen molar-refractivity contribution in [1.82, 2.24) is 30.2 Å². The minimum absolute atomic E-state index is 0.000668. The highest BCUT2D eigenvalue weighted by Crippen LogP contribution is 2.43. The van der Waals surface area contributed by atoms with Crippen LogP contribution < -0.4 is 10.6 Å². The van der Waals surface area contributed by atoms with E-state index >= 15 is 0 Å². The summed E-state index contributed by atoms with van der Waals surface area (Å²) in [6.45, 7) is 5.12. The number of benzene rings is 2. The van der Waals surface area contributed by atoms with Crippen LogP contribution in [0.25, 0.3) is 43.7 Å². The smallest absolute Gasteiger partial charge is 0.421 e. The fourth-order valence-corrected chi connectivity index (χ4v) is 8.22. The molecule has 8 heterocycles. The van der Waals surface area contributed by atoms with Crippen molar-refractivity contribution in [1.29, 1.82) is 0 Å². The molecule has 4 atom stereocenters. The van der Waals surface area contributed by atoms with Crippen molar-refractivity contribution >= 4 is 55.6 Å². The second-order valence-electron chi connectivity index (χ2n) is 15.8. The lowest BCUT2D eigenvalue weighted by atomic mass is 10.1. The van der Waals surface area contributed by atoms with E-state index in [-0.39, 0.29) is 71.0 Å². The zero-order chi connectivity index (χ0) is 45.3. The molecule has 2 N–H and O–H groups in total. The summed E-state index contributed by atoms with van der Waals surface area (Å²) in [6.07, 6.45) is -5.86. The summed E-state index contributed by atoms with van der Waals surface area (Å²) in [7, 11) is 0. The van der Waals surface area contributed by atoms with Gasteiger partial charge in [0.25, 0.3) is 11.8 Å². The summed E-state index contributed by atoms with van der Waals surface area (Å²) in [4.78, 5) is 25.3. The Kier molecular flexibility index (Phi) is 13.0. The summed E-state index contributed by atoms with van der Waals surface area (Å²) < 4.78 is 136. The molecule has 2 aromatic carbocycles. The Hall–Kier alpha value is -5.30. The monoisotopic (exact) mass is 922 g/mol. The van der Waals surface area contributed by atoms with Crippen LogP contribution in [0, 0.1) is 0 Å². The summed E-state index contributed by atoms with van der Waals surface area (Å²) in [6, 6.07) is 6.07. The number of rotatable bonds is 10. The number of hydrogen-bond acceptors (Lipinski definition) is 13. The molecule has 0 unspecified atom stereocenters. The van der Waals surface area contributed by atoms with Crippen molar-refractivity contribution in [3.63, 3.8) is 0 Å². The molecular formula is C42H44F6N6O11. The molecule has 4 aliphatic heterocycles. The van der Waals surface area contributed by atoms with Gasteiger partial charge in [0.15, 0.2) is 0 Å². The molecule has 0 bridgehead atoms. The van der Waals surface area contributed by atoms with Crippen LogP contribution in [0.5, 0.6) is 0 Å². The van der Waals surface area contributed by atoms with Crippen LogP contribution in [-0.4, -0.2) is 135 Å². The van der Waals surface area contributed by atoms with Crippen LogP contribution in [0.4, 0.5) is 26.3 Å². The van der Waals surface area contributed by atoms with E-state index in [2.05, 4.69) is 20.8 Å². The zero-order valence-electron chi connectivity index (χ0n) is 34.6. The number of halogens is 6. The van der Waals surface area contributed by atoms with E-state index in [1.54, 1.807) is 24.5 Å². The van der Waals surface area contributed by atoms with Gasteiger partial charge in [-0.3, -0.25) is 19.0 Å². The zero-order valence-corrected chi connectivity index (χ0v) is 34.6. The number of nitrogens with one attached hydrogen (secondary N) is 2. The van der Waals surface area contributed by atoms with Crippen molar-refractivity contribution in [3.05, 3.63) is 59.3 Å². The maximum Gasteiger partial charge on any atom is 0.421 e. The molecule has 65 heavy (non-hydrogen) atoms. The standard InChI is InChI=1S/C21H22F3N3O6.C21H22F3N3O5/c22-21(23,24)17-16-15(33-19(17)20(28)25-7-13-10-29-3-5-31-13)2-1-12-8-27(26-18(12)16)9-14-11-30-4-6-32-14;22-21(23,24)17-16-15(32-19(17)20(28)25-8-13-2-1-5-30-13)4-3-12-9-27(26-18(12)16)10-14-11-29-6-7-31-14/h1-2,8,13-14H,3-7,9-11H2,(H,25,28);3-4,9,13-14H,1-2,5-8,10-11H2,(H,25,28)/t13-,14+;13-,14-/m10/s1. The SMILES string of the molecule is O=C(NC[C@@H]1CCCO1)c1oc2ccc3cn(C[C@H]4COCCO4)nc3c2c1C(F)(F)F.O=C(NC[C@@H]1COCCO1)c1oc2ccc3cn(C[C@H]4COCCO4)nc3c2c1C(F)(F)F. The molecule has 23 heteroatoms. The quantitative estimate of drug-likeness (QED) is 0.165. The topological polar surface area (TPSA) is 185 Å². The second kappa shape index (κ2) is 18.9. The van der Waals surface area contributed by atoms with Gasteiger partial charge in [0, 0.05) is 42.9 Å². The van der Waals surface area contributed by atoms with Crippen LogP contribution in [0.1, 0.15) is 45.1 Å². The molecule has 4 fully saturated rings. The van der Waals surface area contributed by atoms with Crippen molar-refractivity contribution in [2.75, 3.05) is 79.2 Å². The van der Waals surface area contributed by atoms with Crippen LogP contribution in [-0.2, 0) is 58.6 Å². The minimum Gasteiger partial charge on any atom is -0.450 e. The van der Waals surface area contributed by atoms with Crippen molar-refractivity contribution in [2.45, 2.75) is 62.7 Å². The normalized spacial score (nSPS) is 22.1. The first-order chi connectivity index (χ1) is 31.3. The van der Waals surface area contributed by atoms with Crippen LogP contribution in [0.15, 0.2) is 45.5 Å². The maximum absolute atomic E-state index is 14.1. The van der Waals surface area contributed by atoms with Crippen molar-refractivity contribution in [2.24, 2.45) is 0 Å². The van der Waals surface area contributed by atoms with Crippen molar-refractivity contribution in [3.8, 4) is 0 Å². The number of fused-ring (bicyclic) bond motifs is 6. The van der Waals surface area contributed by atoms with Crippen molar-refractivity contribution < 1.29 is 77.9 Å². The first-order valence-corrected chi connectivity index (χ1v) is 21.1. The van der Waals surface area contributed by atoms with Gasteiger partial charge in [-0.05, 0) is 37.1 Å². The predicted octanol–water partition coefficient (Wildman–Crippen LogP) is 5.49. The lowest BCUT2D eigenvalue weighted by molar-refractivity contribution is -0.138. The first-order valence-electron chi connectivity index (χ1n) is 21.1. The van der Waals surface area contributed by atoms with Crippen LogP contribution >= 0.6 is 0 Å². The van der Waals surface area contributed by atoms with Gasteiger partial charge < -0.3 is 52.6 Å². The van der Waals surface area contributed by atoms with E-state index < -0.39 is 52.9 Å². The Morgan fingerprint density at radius 2 is 1.02 bits per heavy atom. The number of ether oxygens (including phenoxy) is 7. The highest BCUT2D eigenvalue weighted by molar-refractivity contribution is 6.11. The Labute approximate surface area is 364 Å². The maximum atomic E-state index is 14.1. The lowest BCUT2D eigenvalue weighted by Crippen LogP contribution is -2.40. The van der Waals surface area contributed by atoms with Gasteiger partial charge in [-0.1, -0.05) is 0 Å². The van der Waals surface area contributed by atoms with Crippen LogP contribution in [0.3, 0.4) is 0 Å². The third kappa shape index (κ3) is 9.95. The molecule has 350 valence electrons. The average Bonchev–Trinajstić information content (AvgIpc) is 4.14. The molecule has 4 aliphatic rings. The van der Waals surface area contributed by atoms with Gasteiger partial charge in [-0.2, -0.15) is 36.5 Å². The van der Waals surface area contributed by atoms with E-state index in [1.807, 2.05) is 0 Å². The Morgan fingerprint density at radius 1 is 0.585 bits per heavy atom. The molecule has 0 radical (unpaired) electrons. The number of aromatic nitrogens is 4. The number of hydrogen-bond donors (Lipinski definition) is 2. The molecule has 4 saturated heterocycles. The number of carbonyl (C=O) groups excluding carboxylic acids is 2. The number of alkyl halides is 6. The third-order valence-electron chi connectivity index (χ3n) is 11.2. The summed E-state index contributed by atoms with van der Waals surface area (Å²) in [5.74, 6) is -3.48. The molecule has 2 amide bonds. The van der Waals surface area contributed by atoms with Gasteiger partial charge >= 0.3 is 12.4 Å². The largest absolute Gasteiger partial charge is 0.450 e. The fourth-order valence-electron chi connectivity index (χ4n) is 8.22. The Morgan fingerprint density at radius 3 is 1.42 bits per heavy atom. The van der Waals surface area contributed by atoms with E-state index in [1.165, 1.54) is 21.5 Å². The summed E-state index contributed by atoms with van der Waals surface area (Å²) in [5.41, 5.74) is -2.17. The molecule has 10 rings (SSSR count). The molecular weight excluding hydrogens is 878 g/mol. The van der Waals surface area contributed by atoms with E-state index in [9.17, 15) is 35.9 Å². The molecule has 0 saturated carbocycles. The van der Waals surface area contributed by atoms with Gasteiger partial charge in [0.2, 0.25) is 11.5 Å². The summed E-state index contributed by atoms with van der Waals surface area (Å²) >= 11 is 0. The van der Waals surface area contributed by atoms with E-state index in [0.29, 0.717) is 83.3 Å². The number of carbonyl (C=O) groups is 2. The van der Waals surface area contributed by atoms with Gasteiger partial charge in [-0.15, -0.1) is 0 Å². The highest BCUT2D eigenvalue weighted by atomic mass is 19.4. The number of furan rings is 2. The predicted molar refractivity (Wildman–Crippen MR) is 214 cm³/mol.